The first-order valence-corrected chi connectivity index (χ1v) is 8.55. The smallest absolute Gasteiger partial charge is 0.135 e. The van der Waals surface area contributed by atoms with E-state index in [4.69, 9.17) is 4.98 Å². The van der Waals surface area contributed by atoms with Gasteiger partial charge in [-0.3, -0.25) is 4.98 Å². The number of thiazole rings is 2. The van der Waals surface area contributed by atoms with Gasteiger partial charge in [0.1, 0.15) is 5.01 Å². The number of hydrogen-bond acceptors (Lipinski definition) is 5. The number of rotatable bonds is 4. The minimum atomic E-state index is 0.546. The van der Waals surface area contributed by atoms with Crippen LogP contribution in [0.4, 0.5) is 0 Å². The SMILES string of the molecule is CC(C)NCC1CCCc2sc(-c3cncs3)nc21. The maximum Gasteiger partial charge on any atom is 0.135 e. The van der Waals surface area contributed by atoms with Crippen LogP contribution in [0.1, 0.15) is 43.2 Å². The van der Waals surface area contributed by atoms with Gasteiger partial charge in [0.2, 0.25) is 0 Å². The highest BCUT2D eigenvalue weighted by Crippen LogP contribution is 2.38. The Hall–Kier alpha value is -0.780. The van der Waals surface area contributed by atoms with Crippen molar-refractivity contribution in [3.05, 3.63) is 22.3 Å². The third-order valence-corrected chi connectivity index (χ3v) is 5.56. The molecule has 2 aromatic rings. The van der Waals surface area contributed by atoms with E-state index in [2.05, 4.69) is 24.1 Å². The summed E-state index contributed by atoms with van der Waals surface area (Å²) in [7, 11) is 0. The standard InChI is InChI=1S/C14H19N3S2/c1-9(2)16-6-10-4-3-5-11-13(10)17-14(19-11)12-7-15-8-18-12/h7-10,16H,3-6H2,1-2H3. The highest BCUT2D eigenvalue weighted by atomic mass is 32.1. The molecule has 1 N–H and O–H groups in total. The lowest BCUT2D eigenvalue weighted by Gasteiger charge is -2.22. The van der Waals surface area contributed by atoms with E-state index >= 15 is 0 Å². The van der Waals surface area contributed by atoms with E-state index < -0.39 is 0 Å². The summed E-state index contributed by atoms with van der Waals surface area (Å²) in [6, 6.07) is 0.546. The molecule has 0 amide bonds. The van der Waals surface area contributed by atoms with E-state index in [-0.39, 0.29) is 0 Å². The van der Waals surface area contributed by atoms with E-state index in [0.717, 1.165) is 11.6 Å². The van der Waals surface area contributed by atoms with E-state index in [9.17, 15) is 0 Å². The molecule has 2 aromatic heterocycles. The molecular formula is C14H19N3S2. The molecular weight excluding hydrogens is 274 g/mol. The molecule has 0 fully saturated rings. The molecule has 102 valence electrons. The lowest BCUT2D eigenvalue weighted by Crippen LogP contribution is -2.29. The van der Waals surface area contributed by atoms with Crippen LogP contribution < -0.4 is 5.32 Å². The topological polar surface area (TPSA) is 37.8 Å². The van der Waals surface area contributed by atoms with Crippen LogP contribution in [0, 0.1) is 0 Å². The van der Waals surface area contributed by atoms with Crippen LogP contribution in [0.25, 0.3) is 9.88 Å². The molecule has 1 unspecified atom stereocenters. The predicted molar refractivity (Wildman–Crippen MR) is 82.0 cm³/mol. The van der Waals surface area contributed by atoms with Crippen LogP contribution >= 0.6 is 22.7 Å². The van der Waals surface area contributed by atoms with Gasteiger partial charge in [0, 0.05) is 29.6 Å². The number of fused-ring (bicyclic) bond motifs is 1. The lowest BCUT2D eigenvalue weighted by atomic mass is 9.91. The number of nitrogens with one attached hydrogen (secondary N) is 1. The Kier molecular flexibility index (Phi) is 3.96. The van der Waals surface area contributed by atoms with E-state index in [1.165, 1.54) is 34.7 Å². The van der Waals surface area contributed by atoms with Gasteiger partial charge in [0.25, 0.3) is 0 Å². The van der Waals surface area contributed by atoms with Gasteiger partial charge in [-0.2, -0.15) is 0 Å². The summed E-state index contributed by atoms with van der Waals surface area (Å²) in [5, 5.41) is 4.71. The summed E-state index contributed by atoms with van der Waals surface area (Å²) in [4.78, 5) is 11.8. The minimum absolute atomic E-state index is 0.546. The van der Waals surface area contributed by atoms with Gasteiger partial charge >= 0.3 is 0 Å². The Morgan fingerprint density at radius 3 is 3.11 bits per heavy atom. The molecule has 0 radical (unpaired) electrons. The molecule has 3 rings (SSSR count). The molecule has 5 heteroatoms. The van der Waals surface area contributed by atoms with Crippen molar-refractivity contribution in [1.82, 2.24) is 15.3 Å². The van der Waals surface area contributed by atoms with Crippen molar-refractivity contribution in [3.63, 3.8) is 0 Å². The third-order valence-electron chi connectivity index (χ3n) is 3.49. The average molecular weight is 293 g/mol. The van der Waals surface area contributed by atoms with Crippen LogP contribution in [-0.2, 0) is 6.42 Å². The molecule has 0 saturated carbocycles. The Morgan fingerprint density at radius 2 is 2.37 bits per heavy atom. The van der Waals surface area contributed by atoms with Gasteiger partial charge < -0.3 is 5.32 Å². The quantitative estimate of drug-likeness (QED) is 0.934. The summed E-state index contributed by atoms with van der Waals surface area (Å²) in [5.41, 5.74) is 3.22. The zero-order valence-electron chi connectivity index (χ0n) is 11.3. The first-order valence-electron chi connectivity index (χ1n) is 6.86. The maximum absolute atomic E-state index is 4.90. The van der Waals surface area contributed by atoms with Crippen LogP contribution in [0.2, 0.25) is 0 Å². The summed E-state index contributed by atoms with van der Waals surface area (Å²) in [6.07, 6.45) is 5.68. The zero-order valence-corrected chi connectivity index (χ0v) is 13.0. The summed E-state index contributed by atoms with van der Waals surface area (Å²) < 4.78 is 0. The van der Waals surface area contributed by atoms with Crippen molar-refractivity contribution >= 4 is 22.7 Å². The minimum Gasteiger partial charge on any atom is -0.314 e. The Bertz CT molecular complexity index is 531. The summed E-state index contributed by atoms with van der Waals surface area (Å²) in [5.74, 6) is 0.587. The van der Waals surface area contributed by atoms with Crippen molar-refractivity contribution in [3.8, 4) is 9.88 Å². The molecule has 0 saturated heterocycles. The highest BCUT2D eigenvalue weighted by molar-refractivity contribution is 7.20. The van der Waals surface area contributed by atoms with Gasteiger partial charge in [-0.15, -0.1) is 22.7 Å². The van der Waals surface area contributed by atoms with Crippen molar-refractivity contribution in [1.29, 1.82) is 0 Å². The summed E-state index contributed by atoms with van der Waals surface area (Å²) in [6.45, 7) is 5.46. The molecule has 0 spiro atoms. The second-order valence-electron chi connectivity index (χ2n) is 5.35. The molecule has 0 bridgehead atoms. The van der Waals surface area contributed by atoms with Crippen LogP contribution in [0.3, 0.4) is 0 Å². The van der Waals surface area contributed by atoms with Crippen LogP contribution in [0.15, 0.2) is 11.7 Å². The average Bonchev–Trinajstić information content (AvgIpc) is 3.04. The Morgan fingerprint density at radius 1 is 1.47 bits per heavy atom. The molecule has 2 heterocycles. The maximum atomic E-state index is 4.90. The summed E-state index contributed by atoms with van der Waals surface area (Å²) >= 11 is 3.54. The molecule has 1 atom stereocenters. The number of nitrogens with zero attached hydrogens (tertiary/aromatic N) is 2. The van der Waals surface area contributed by atoms with Crippen LogP contribution in [-0.4, -0.2) is 22.6 Å². The van der Waals surface area contributed by atoms with Crippen molar-refractivity contribution < 1.29 is 0 Å². The number of hydrogen-bond donors (Lipinski definition) is 1. The Labute approximate surface area is 122 Å². The van der Waals surface area contributed by atoms with Gasteiger partial charge in [-0.05, 0) is 19.3 Å². The van der Waals surface area contributed by atoms with Gasteiger partial charge in [0.05, 0.1) is 16.1 Å². The monoisotopic (exact) mass is 293 g/mol. The molecule has 3 nitrogen and oxygen atoms in total. The van der Waals surface area contributed by atoms with E-state index in [0.29, 0.717) is 12.0 Å². The molecule has 0 aromatic carbocycles. The number of aromatic nitrogens is 2. The molecule has 19 heavy (non-hydrogen) atoms. The van der Waals surface area contributed by atoms with Crippen LogP contribution in [0.5, 0.6) is 0 Å². The third kappa shape index (κ3) is 2.88. The first-order chi connectivity index (χ1) is 9.24. The van der Waals surface area contributed by atoms with Crippen molar-refractivity contribution in [2.24, 2.45) is 0 Å². The number of aryl methyl sites for hydroxylation is 1. The molecule has 1 aliphatic rings. The fourth-order valence-electron chi connectivity index (χ4n) is 2.51. The highest BCUT2D eigenvalue weighted by Gasteiger charge is 2.25. The van der Waals surface area contributed by atoms with E-state index in [1.807, 2.05) is 23.0 Å². The normalized spacial score (nSPS) is 18.8. The van der Waals surface area contributed by atoms with E-state index in [1.54, 1.807) is 11.3 Å². The van der Waals surface area contributed by atoms with Gasteiger partial charge in [0.15, 0.2) is 0 Å². The fourth-order valence-corrected chi connectivity index (χ4v) is 4.38. The second-order valence-corrected chi connectivity index (χ2v) is 7.32. The van der Waals surface area contributed by atoms with Crippen molar-refractivity contribution in [2.45, 2.75) is 45.1 Å². The van der Waals surface area contributed by atoms with Crippen molar-refractivity contribution in [2.75, 3.05) is 6.54 Å². The van der Waals surface area contributed by atoms with Gasteiger partial charge in [-0.1, -0.05) is 13.8 Å². The van der Waals surface area contributed by atoms with Gasteiger partial charge in [-0.25, -0.2) is 4.98 Å². The predicted octanol–water partition coefficient (Wildman–Crippen LogP) is 3.68. The fraction of sp³-hybridized carbons (Fsp3) is 0.571. The first kappa shape index (κ1) is 13.2. The Balaban J connectivity index is 1.83. The molecule has 1 aliphatic carbocycles. The zero-order chi connectivity index (χ0) is 13.2. The second kappa shape index (κ2) is 5.69. The molecule has 0 aliphatic heterocycles. The largest absolute Gasteiger partial charge is 0.314 e. The lowest BCUT2D eigenvalue weighted by molar-refractivity contribution is 0.475.